The van der Waals surface area contributed by atoms with Gasteiger partial charge in [0.25, 0.3) is 0 Å². The average Bonchev–Trinajstić information content (AvgIpc) is 2.80. The van der Waals surface area contributed by atoms with Crippen LogP contribution in [0.5, 0.6) is 0 Å². The van der Waals surface area contributed by atoms with Crippen molar-refractivity contribution in [3.05, 3.63) is 0 Å². The lowest BCUT2D eigenvalue weighted by molar-refractivity contribution is 0.232. The Morgan fingerprint density at radius 2 is 2.06 bits per heavy atom. The van der Waals surface area contributed by atoms with Crippen LogP contribution >= 0.6 is 12.2 Å². The molecule has 2 atom stereocenters. The average molecular weight is 255 g/mol. The Kier molecular flexibility index (Phi) is 3.76. The van der Waals surface area contributed by atoms with Crippen LogP contribution in [0.15, 0.2) is 0 Å². The Balaban J connectivity index is 1.87. The zero-order valence-corrected chi connectivity index (χ0v) is 12.1. The summed E-state index contributed by atoms with van der Waals surface area (Å²) in [5.41, 5.74) is 6.14. The summed E-state index contributed by atoms with van der Waals surface area (Å²) in [5.74, 6) is 0.769. The Bertz CT molecular complexity index is 299. The maximum absolute atomic E-state index is 5.70. The van der Waals surface area contributed by atoms with Crippen molar-refractivity contribution in [2.24, 2.45) is 17.1 Å². The van der Waals surface area contributed by atoms with E-state index in [4.69, 9.17) is 18.0 Å². The Hall–Kier alpha value is -0.190. The van der Waals surface area contributed by atoms with E-state index in [1.165, 1.54) is 32.5 Å². The lowest BCUT2D eigenvalue weighted by Gasteiger charge is -2.24. The second-order valence-electron chi connectivity index (χ2n) is 6.35. The monoisotopic (exact) mass is 255 g/mol. The van der Waals surface area contributed by atoms with Gasteiger partial charge < -0.3 is 15.5 Å². The summed E-state index contributed by atoms with van der Waals surface area (Å²) in [6.45, 7) is 5.98. The smallest absolute Gasteiger partial charge is 0.0733 e. The quantitative estimate of drug-likeness (QED) is 0.751. The van der Waals surface area contributed by atoms with Crippen LogP contribution in [0.1, 0.15) is 26.2 Å². The molecule has 1 aliphatic heterocycles. The van der Waals surface area contributed by atoms with Gasteiger partial charge in [-0.05, 0) is 38.3 Å². The molecule has 3 nitrogen and oxygen atoms in total. The molecule has 1 aliphatic carbocycles. The molecule has 0 aromatic heterocycles. The van der Waals surface area contributed by atoms with E-state index in [0.29, 0.717) is 16.4 Å². The Labute approximate surface area is 110 Å². The molecule has 0 bridgehead atoms. The molecule has 1 heterocycles. The van der Waals surface area contributed by atoms with Crippen LogP contribution in [-0.4, -0.2) is 54.6 Å². The molecule has 2 rings (SSSR count). The minimum absolute atomic E-state index is 0.437. The Morgan fingerprint density at radius 1 is 1.41 bits per heavy atom. The van der Waals surface area contributed by atoms with Gasteiger partial charge in [-0.2, -0.15) is 0 Å². The highest BCUT2D eigenvalue weighted by molar-refractivity contribution is 7.80. The third-order valence-corrected chi connectivity index (χ3v) is 4.52. The third kappa shape index (κ3) is 3.18. The summed E-state index contributed by atoms with van der Waals surface area (Å²) < 4.78 is 0. The molecule has 2 N–H and O–H groups in total. The van der Waals surface area contributed by atoms with E-state index < -0.39 is 0 Å². The van der Waals surface area contributed by atoms with Gasteiger partial charge in [0.2, 0.25) is 0 Å². The molecule has 2 fully saturated rings. The number of likely N-dealkylation sites (N-methyl/N-ethyl adjacent to an activating group) is 1. The molecule has 1 saturated carbocycles. The summed E-state index contributed by atoms with van der Waals surface area (Å²) in [7, 11) is 4.37. The van der Waals surface area contributed by atoms with Crippen molar-refractivity contribution in [3.63, 3.8) is 0 Å². The molecule has 0 radical (unpaired) electrons. The van der Waals surface area contributed by atoms with Crippen molar-refractivity contribution in [1.29, 1.82) is 0 Å². The van der Waals surface area contributed by atoms with E-state index in [9.17, 15) is 0 Å². The van der Waals surface area contributed by atoms with Crippen molar-refractivity contribution in [2.75, 3.05) is 33.7 Å². The molecule has 2 aliphatic rings. The predicted octanol–water partition coefficient (Wildman–Crippen LogP) is 1.32. The molecule has 0 aromatic carbocycles. The molecule has 1 saturated heterocycles. The molecule has 0 aromatic rings. The van der Waals surface area contributed by atoms with Crippen LogP contribution < -0.4 is 5.73 Å². The van der Waals surface area contributed by atoms with Crippen molar-refractivity contribution in [1.82, 2.24) is 9.80 Å². The predicted molar refractivity (Wildman–Crippen MR) is 76.1 cm³/mol. The van der Waals surface area contributed by atoms with Gasteiger partial charge in [-0.15, -0.1) is 0 Å². The number of nitrogens with zero attached hydrogens (tertiary/aromatic N) is 2. The van der Waals surface area contributed by atoms with Crippen LogP contribution in [0, 0.1) is 11.3 Å². The molecule has 0 amide bonds. The minimum Gasteiger partial charge on any atom is -0.393 e. The van der Waals surface area contributed by atoms with Crippen molar-refractivity contribution < 1.29 is 0 Å². The standard InChI is InChI=1S/C13H25N3S/c1-10-7-16(8-11(10)15(2)3)9-13(4-5-13)6-12(14)17/h10-11H,4-9H2,1-3H3,(H2,14,17). The number of rotatable bonds is 5. The van der Waals surface area contributed by atoms with Gasteiger partial charge in [-0.3, -0.25) is 0 Å². The maximum atomic E-state index is 5.70. The fourth-order valence-electron chi connectivity index (χ4n) is 3.26. The van der Waals surface area contributed by atoms with Crippen molar-refractivity contribution >= 4 is 17.2 Å². The first-order valence-electron chi connectivity index (χ1n) is 6.59. The second kappa shape index (κ2) is 4.82. The van der Waals surface area contributed by atoms with Crippen molar-refractivity contribution in [3.8, 4) is 0 Å². The molecular formula is C13H25N3S. The van der Waals surface area contributed by atoms with E-state index in [2.05, 4.69) is 30.8 Å². The zero-order chi connectivity index (χ0) is 12.6. The first-order valence-corrected chi connectivity index (χ1v) is 7.00. The molecule has 17 heavy (non-hydrogen) atoms. The zero-order valence-electron chi connectivity index (χ0n) is 11.3. The van der Waals surface area contributed by atoms with E-state index in [-0.39, 0.29) is 0 Å². The number of thiocarbonyl (C=S) groups is 1. The van der Waals surface area contributed by atoms with E-state index in [0.717, 1.165) is 12.3 Å². The SMILES string of the molecule is CC1CN(CC2(CC(N)=S)CC2)CC1N(C)C. The normalized spacial score (nSPS) is 32.0. The fourth-order valence-corrected chi connectivity index (χ4v) is 3.57. The number of hydrogen-bond acceptors (Lipinski definition) is 3. The van der Waals surface area contributed by atoms with Crippen LogP contribution in [-0.2, 0) is 0 Å². The maximum Gasteiger partial charge on any atom is 0.0733 e. The second-order valence-corrected chi connectivity index (χ2v) is 6.87. The largest absolute Gasteiger partial charge is 0.393 e. The van der Waals surface area contributed by atoms with E-state index in [1.54, 1.807) is 0 Å². The topological polar surface area (TPSA) is 32.5 Å². The summed E-state index contributed by atoms with van der Waals surface area (Å²) in [6, 6.07) is 0.704. The molecule has 4 heteroatoms. The van der Waals surface area contributed by atoms with Gasteiger partial charge in [-0.1, -0.05) is 19.1 Å². The summed E-state index contributed by atoms with van der Waals surface area (Å²) in [4.78, 5) is 5.66. The van der Waals surface area contributed by atoms with E-state index in [1.807, 2.05) is 0 Å². The van der Waals surface area contributed by atoms with Crippen LogP contribution in [0.25, 0.3) is 0 Å². The van der Waals surface area contributed by atoms with E-state index >= 15 is 0 Å². The number of nitrogens with two attached hydrogens (primary N) is 1. The lowest BCUT2D eigenvalue weighted by atomic mass is 10.0. The fraction of sp³-hybridized carbons (Fsp3) is 0.923. The van der Waals surface area contributed by atoms with Gasteiger partial charge in [-0.25, -0.2) is 0 Å². The highest BCUT2D eigenvalue weighted by Crippen LogP contribution is 2.49. The van der Waals surface area contributed by atoms with Gasteiger partial charge in [0.1, 0.15) is 0 Å². The minimum atomic E-state index is 0.437. The third-order valence-electron chi connectivity index (χ3n) is 4.38. The van der Waals surface area contributed by atoms with Gasteiger partial charge in [0.05, 0.1) is 4.99 Å². The van der Waals surface area contributed by atoms with Gasteiger partial charge in [0.15, 0.2) is 0 Å². The molecule has 98 valence electrons. The molecule has 0 spiro atoms. The van der Waals surface area contributed by atoms with Crippen LogP contribution in [0.3, 0.4) is 0 Å². The highest BCUT2D eigenvalue weighted by Gasteiger charge is 2.45. The van der Waals surface area contributed by atoms with Crippen LogP contribution in [0.2, 0.25) is 0 Å². The van der Waals surface area contributed by atoms with Gasteiger partial charge >= 0.3 is 0 Å². The summed E-state index contributed by atoms with van der Waals surface area (Å²) >= 11 is 5.06. The lowest BCUT2D eigenvalue weighted by Crippen LogP contribution is -2.36. The van der Waals surface area contributed by atoms with Gasteiger partial charge in [0, 0.05) is 32.1 Å². The van der Waals surface area contributed by atoms with Crippen molar-refractivity contribution in [2.45, 2.75) is 32.2 Å². The summed E-state index contributed by atoms with van der Waals surface area (Å²) in [6.07, 6.45) is 3.56. The molecule has 2 unspecified atom stereocenters. The Morgan fingerprint density at radius 3 is 2.47 bits per heavy atom. The summed E-state index contributed by atoms with van der Waals surface area (Å²) in [5, 5.41) is 0. The first kappa shape index (κ1) is 13.2. The van der Waals surface area contributed by atoms with Crippen LogP contribution in [0.4, 0.5) is 0 Å². The molecular weight excluding hydrogens is 230 g/mol. The number of hydrogen-bond donors (Lipinski definition) is 1. The first-order chi connectivity index (χ1) is 7.92. The number of likely N-dealkylation sites (tertiary alicyclic amines) is 1. The highest BCUT2D eigenvalue weighted by atomic mass is 32.1.